The van der Waals surface area contributed by atoms with Gasteiger partial charge in [-0.15, -0.1) is 0 Å². The Morgan fingerprint density at radius 1 is 1.26 bits per heavy atom. The molecule has 0 unspecified atom stereocenters. The van der Waals surface area contributed by atoms with Crippen LogP contribution >= 0.6 is 0 Å². The molecule has 3 nitrogen and oxygen atoms in total. The zero-order valence-corrected chi connectivity index (χ0v) is 12.1. The molecule has 1 fully saturated rings. The van der Waals surface area contributed by atoms with E-state index in [0.29, 0.717) is 6.04 Å². The lowest BCUT2D eigenvalue weighted by molar-refractivity contribution is 0.319. The number of nitrogen functional groups attached to an aromatic ring is 1. The average molecular weight is 262 g/mol. The second kappa shape index (κ2) is 6.69. The molecule has 1 aliphatic carbocycles. The summed E-state index contributed by atoms with van der Waals surface area (Å²) in [5.74, 6) is 1.76. The Hall–Kier alpha value is -1.38. The van der Waals surface area contributed by atoms with E-state index in [9.17, 15) is 0 Å². The van der Waals surface area contributed by atoms with Crippen molar-refractivity contribution in [3.8, 4) is 5.75 Å². The van der Waals surface area contributed by atoms with Gasteiger partial charge in [0.15, 0.2) is 0 Å². The quantitative estimate of drug-likeness (QED) is 0.787. The van der Waals surface area contributed by atoms with E-state index in [1.807, 2.05) is 18.2 Å². The Morgan fingerprint density at radius 3 is 2.58 bits per heavy atom. The Kier molecular flexibility index (Phi) is 4.94. The fourth-order valence-electron chi connectivity index (χ4n) is 3.02. The van der Waals surface area contributed by atoms with Gasteiger partial charge in [-0.2, -0.15) is 0 Å². The fourth-order valence-corrected chi connectivity index (χ4v) is 3.02. The number of ether oxygens (including phenoxy) is 1. The van der Waals surface area contributed by atoms with Crippen LogP contribution in [-0.2, 0) is 0 Å². The highest BCUT2D eigenvalue weighted by molar-refractivity contribution is 5.68. The topological polar surface area (TPSA) is 47.3 Å². The SMILES string of the molecule is CCCC1CCC(Nc2ccc(OC)cc2N)CC1. The van der Waals surface area contributed by atoms with E-state index in [-0.39, 0.29) is 0 Å². The van der Waals surface area contributed by atoms with Gasteiger partial charge >= 0.3 is 0 Å². The van der Waals surface area contributed by atoms with Crippen molar-refractivity contribution in [3.05, 3.63) is 18.2 Å². The van der Waals surface area contributed by atoms with Gasteiger partial charge in [0.25, 0.3) is 0 Å². The van der Waals surface area contributed by atoms with Crippen LogP contribution in [0.2, 0.25) is 0 Å². The standard InChI is InChI=1S/C16H26N2O/c1-3-4-12-5-7-13(8-6-12)18-16-10-9-14(19-2)11-15(16)17/h9-13,18H,3-8,17H2,1-2H3. The molecule has 1 saturated carbocycles. The Morgan fingerprint density at radius 2 is 2.00 bits per heavy atom. The molecule has 0 atom stereocenters. The number of hydrogen-bond acceptors (Lipinski definition) is 3. The maximum Gasteiger partial charge on any atom is 0.121 e. The predicted molar refractivity (Wildman–Crippen MR) is 81.7 cm³/mol. The zero-order chi connectivity index (χ0) is 13.7. The van der Waals surface area contributed by atoms with E-state index in [2.05, 4.69) is 12.2 Å². The van der Waals surface area contributed by atoms with Crippen LogP contribution in [0.3, 0.4) is 0 Å². The highest BCUT2D eigenvalue weighted by atomic mass is 16.5. The number of nitrogens with two attached hydrogens (primary N) is 1. The van der Waals surface area contributed by atoms with Crippen molar-refractivity contribution in [2.45, 2.75) is 51.5 Å². The zero-order valence-electron chi connectivity index (χ0n) is 12.1. The molecule has 0 heterocycles. The Labute approximate surface area is 116 Å². The van der Waals surface area contributed by atoms with E-state index in [4.69, 9.17) is 10.5 Å². The molecule has 3 heteroatoms. The minimum atomic E-state index is 0.573. The maximum absolute atomic E-state index is 6.05. The van der Waals surface area contributed by atoms with Crippen LogP contribution in [0.5, 0.6) is 5.75 Å². The van der Waals surface area contributed by atoms with Crippen molar-refractivity contribution in [2.24, 2.45) is 5.92 Å². The van der Waals surface area contributed by atoms with Crippen molar-refractivity contribution < 1.29 is 4.74 Å². The highest BCUT2D eigenvalue weighted by Crippen LogP contribution is 2.31. The molecular weight excluding hydrogens is 236 g/mol. The normalized spacial score (nSPS) is 23.1. The summed E-state index contributed by atoms with van der Waals surface area (Å²) in [7, 11) is 1.66. The van der Waals surface area contributed by atoms with Crippen LogP contribution in [0.4, 0.5) is 11.4 Å². The maximum atomic E-state index is 6.05. The van der Waals surface area contributed by atoms with Crippen LogP contribution in [0.1, 0.15) is 45.4 Å². The molecule has 1 aliphatic rings. The van der Waals surface area contributed by atoms with Gasteiger partial charge in [-0.3, -0.25) is 0 Å². The van der Waals surface area contributed by atoms with Crippen LogP contribution in [-0.4, -0.2) is 13.2 Å². The van der Waals surface area contributed by atoms with Gasteiger partial charge in [-0.25, -0.2) is 0 Å². The first-order chi connectivity index (χ1) is 9.22. The van der Waals surface area contributed by atoms with Gasteiger partial charge in [0.2, 0.25) is 0 Å². The predicted octanol–water partition coefficient (Wildman–Crippen LogP) is 4.05. The number of nitrogens with one attached hydrogen (secondary N) is 1. The van der Waals surface area contributed by atoms with Gasteiger partial charge in [-0.1, -0.05) is 19.8 Å². The summed E-state index contributed by atoms with van der Waals surface area (Å²) < 4.78 is 5.17. The highest BCUT2D eigenvalue weighted by Gasteiger charge is 2.20. The molecule has 0 bridgehead atoms. The molecule has 2 rings (SSSR count). The molecule has 0 aliphatic heterocycles. The summed E-state index contributed by atoms with van der Waals surface area (Å²) in [4.78, 5) is 0. The van der Waals surface area contributed by atoms with Crippen molar-refractivity contribution in [1.82, 2.24) is 0 Å². The lowest BCUT2D eigenvalue weighted by Gasteiger charge is -2.30. The Bertz CT molecular complexity index is 398. The van der Waals surface area contributed by atoms with Crippen molar-refractivity contribution in [3.63, 3.8) is 0 Å². The first-order valence-electron chi connectivity index (χ1n) is 7.43. The van der Waals surface area contributed by atoms with Crippen LogP contribution in [0.25, 0.3) is 0 Å². The van der Waals surface area contributed by atoms with Crippen molar-refractivity contribution in [1.29, 1.82) is 0 Å². The first kappa shape index (κ1) is 14.0. The number of hydrogen-bond donors (Lipinski definition) is 2. The van der Waals surface area contributed by atoms with Crippen molar-refractivity contribution in [2.75, 3.05) is 18.2 Å². The number of methoxy groups -OCH3 is 1. The third-order valence-electron chi connectivity index (χ3n) is 4.16. The van der Waals surface area contributed by atoms with Gasteiger partial charge in [0.05, 0.1) is 18.5 Å². The largest absolute Gasteiger partial charge is 0.497 e. The summed E-state index contributed by atoms with van der Waals surface area (Å²) in [5, 5.41) is 3.58. The molecule has 1 aromatic carbocycles. The lowest BCUT2D eigenvalue weighted by atomic mass is 9.83. The summed E-state index contributed by atoms with van der Waals surface area (Å²) >= 11 is 0. The molecule has 0 radical (unpaired) electrons. The van der Waals surface area contributed by atoms with Crippen LogP contribution in [0.15, 0.2) is 18.2 Å². The molecule has 0 amide bonds. The minimum absolute atomic E-state index is 0.573. The second-order valence-electron chi connectivity index (χ2n) is 5.60. The summed E-state index contributed by atoms with van der Waals surface area (Å²) in [6, 6.07) is 6.43. The molecule has 1 aromatic rings. The molecule has 0 saturated heterocycles. The summed E-state index contributed by atoms with van der Waals surface area (Å²) in [6.07, 6.45) is 7.92. The average Bonchev–Trinajstić information content (AvgIpc) is 2.43. The number of rotatable bonds is 5. The van der Waals surface area contributed by atoms with Crippen LogP contribution in [0, 0.1) is 5.92 Å². The first-order valence-corrected chi connectivity index (χ1v) is 7.43. The van der Waals surface area contributed by atoms with Crippen molar-refractivity contribution >= 4 is 11.4 Å². The van der Waals surface area contributed by atoms with Gasteiger partial charge < -0.3 is 15.8 Å². The third kappa shape index (κ3) is 3.79. The van der Waals surface area contributed by atoms with E-state index in [1.165, 1.54) is 38.5 Å². The van der Waals surface area contributed by atoms with E-state index >= 15 is 0 Å². The number of anilines is 2. The lowest BCUT2D eigenvalue weighted by Crippen LogP contribution is -2.26. The van der Waals surface area contributed by atoms with Gasteiger partial charge in [0.1, 0.15) is 5.75 Å². The van der Waals surface area contributed by atoms with Gasteiger partial charge in [-0.05, 0) is 43.7 Å². The second-order valence-corrected chi connectivity index (χ2v) is 5.60. The third-order valence-corrected chi connectivity index (χ3v) is 4.16. The summed E-state index contributed by atoms with van der Waals surface area (Å²) in [5.41, 5.74) is 7.86. The smallest absolute Gasteiger partial charge is 0.121 e. The van der Waals surface area contributed by atoms with E-state index < -0.39 is 0 Å². The molecule has 0 spiro atoms. The van der Waals surface area contributed by atoms with E-state index in [1.54, 1.807) is 7.11 Å². The minimum Gasteiger partial charge on any atom is -0.497 e. The van der Waals surface area contributed by atoms with Crippen LogP contribution < -0.4 is 15.8 Å². The Balaban J connectivity index is 1.88. The van der Waals surface area contributed by atoms with Gasteiger partial charge in [0, 0.05) is 12.1 Å². The molecule has 3 N–H and O–H groups in total. The molecule has 106 valence electrons. The summed E-state index contributed by atoms with van der Waals surface area (Å²) in [6.45, 7) is 2.28. The molecule has 19 heavy (non-hydrogen) atoms. The number of benzene rings is 1. The molecular formula is C16H26N2O. The monoisotopic (exact) mass is 262 g/mol. The van der Waals surface area contributed by atoms with E-state index in [0.717, 1.165) is 23.0 Å². The fraction of sp³-hybridized carbons (Fsp3) is 0.625. The molecule has 0 aromatic heterocycles.